The maximum absolute atomic E-state index is 15.1. The summed E-state index contributed by atoms with van der Waals surface area (Å²) in [6, 6.07) is 14.4. The summed E-state index contributed by atoms with van der Waals surface area (Å²) in [7, 11) is 0. The van der Waals surface area contributed by atoms with Crippen molar-refractivity contribution in [3.8, 4) is 23.4 Å². The van der Waals surface area contributed by atoms with Gasteiger partial charge in [-0.1, -0.05) is 30.3 Å². The summed E-state index contributed by atoms with van der Waals surface area (Å²) >= 11 is 0.538. The Morgan fingerprint density at radius 2 is 1.91 bits per heavy atom. The molecule has 3 rings (SSSR count). The Morgan fingerprint density at radius 3 is 2.57 bits per heavy atom. The number of hydrogen-bond donors (Lipinski definition) is 2. The van der Waals surface area contributed by atoms with Crippen molar-refractivity contribution in [2.75, 3.05) is 12.4 Å². The summed E-state index contributed by atoms with van der Waals surface area (Å²) in [6.45, 7) is 0.860. The molecule has 11 heteroatoms. The van der Waals surface area contributed by atoms with Crippen molar-refractivity contribution < 1.29 is 32.5 Å². The van der Waals surface area contributed by atoms with Gasteiger partial charge < -0.3 is 19.9 Å². The predicted molar refractivity (Wildman–Crippen MR) is 122 cm³/mol. The van der Waals surface area contributed by atoms with Gasteiger partial charge in [-0.25, -0.2) is 4.39 Å². The fraction of sp³-hybridized carbons (Fsp3) is 0.208. The van der Waals surface area contributed by atoms with Crippen molar-refractivity contribution in [3.05, 3.63) is 77.2 Å². The molecule has 35 heavy (non-hydrogen) atoms. The number of aromatic nitrogens is 1. The minimum absolute atomic E-state index is 0.124. The molecule has 0 saturated heterocycles. The third-order valence-corrected chi connectivity index (χ3v) is 5.76. The lowest BCUT2D eigenvalue weighted by Crippen LogP contribution is -2.37. The molecule has 1 heterocycles. The summed E-state index contributed by atoms with van der Waals surface area (Å²) in [5.41, 5.74) is 0.988. The fourth-order valence-electron chi connectivity index (χ4n) is 2.90. The van der Waals surface area contributed by atoms with Gasteiger partial charge in [0.25, 0.3) is 11.8 Å². The predicted octanol–water partition coefficient (Wildman–Crippen LogP) is 4.33. The molecule has 182 valence electrons. The Bertz CT molecular complexity index is 1240. The zero-order valence-corrected chi connectivity index (χ0v) is 19.2. The van der Waals surface area contributed by atoms with Crippen LogP contribution >= 0.6 is 11.8 Å². The number of aliphatic hydroxyl groups is 1. The van der Waals surface area contributed by atoms with E-state index >= 15 is 4.39 Å². The maximum Gasteiger partial charge on any atom is 0.260 e. The molecule has 0 saturated carbocycles. The highest BCUT2D eigenvalue weighted by Gasteiger charge is 2.25. The molecule has 2 N–H and O–H groups in total. The normalized spacial score (nSPS) is 11.4. The largest absolute Gasteiger partial charge is 0.485 e. The average molecular weight is 504 g/mol. The van der Waals surface area contributed by atoms with Gasteiger partial charge in [0, 0.05) is 18.7 Å². The van der Waals surface area contributed by atoms with E-state index in [2.05, 4.69) is 10.3 Å². The fourth-order valence-corrected chi connectivity index (χ4v) is 3.88. The molecule has 0 aliphatic rings. The summed E-state index contributed by atoms with van der Waals surface area (Å²) in [4.78, 5) is 13.7. The van der Waals surface area contributed by atoms with Crippen LogP contribution in [0.5, 0.6) is 17.4 Å². The summed E-state index contributed by atoms with van der Waals surface area (Å²) < 4.78 is 54.8. The number of rotatable bonds is 10. The van der Waals surface area contributed by atoms with Crippen LogP contribution in [0.1, 0.15) is 18.1 Å². The monoisotopic (exact) mass is 503 g/mol. The number of thioether (sulfide) groups is 1. The minimum Gasteiger partial charge on any atom is -0.485 e. The topological polar surface area (TPSA) is 104 Å². The van der Waals surface area contributed by atoms with E-state index < -0.39 is 46.9 Å². The molecule has 1 unspecified atom stereocenters. The van der Waals surface area contributed by atoms with E-state index in [0.717, 1.165) is 5.56 Å². The van der Waals surface area contributed by atoms with Crippen molar-refractivity contribution >= 4 is 17.7 Å². The zero-order valence-electron chi connectivity index (χ0n) is 18.4. The highest BCUT2D eigenvalue weighted by molar-refractivity contribution is 7.99. The Morgan fingerprint density at radius 1 is 1.17 bits per heavy atom. The van der Waals surface area contributed by atoms with Crippen LogP contribution in [0.15, 0.2) is 53.4 Å². The molecule has 1 atom stereocenters. The van der Waals surface area contributed by atoms with E-state index in [1.165, 1.54) is 25.1 Å². The van der Waals surface area contributed by atoms with E-state index in [4.69, 9.17) is 9.47 Å². The molecule has 3 aromatic rings. The number of nitriles is 1. The average Bonchev–Trinajstić information content (AvgIpc) is 2.86. The molecule has 0 aliphatic heterocycles. The second-order valence-electron chi connectivity index (χ2n) is 7.21. The van der Waals surface area contributed by atoms with Crippen molar-refractivity contribution in [1.29, 1.82) is 5.26 Å². The Hall–Kier alpha value is -3.75. The van der Waals surface area contributed by atoms with Crippen molar-refractivity contribution in [2.24, 2.45) is 0 Å². The van der Waals surface area contributed by atoms with Gasteiger partial charge in [0.05, 0.1) is 29.2 Å². The first-order valence-corrected chi connectivity index (χ1v) is 11.2. The minimum atomic E-state index is -1.60. The van der Waals surface area contributed by atoms with Crippen LogP contribution in [0.3, 0.4) is 0 Å². The number of carbonyl (C=O) groups excluding carboxylic acids is 1. The number of nitrogens with zero attached hydrogens (tertiary/aromatic N) is 2. The number of amides is 1. The number of aliphatic hydroxyl groups excluding tert-OH is 1. The second-order valence-corrected chi connectivity index (χ2v) is 8.24. The van der Waals surface area contributed by atoms with E-state index in [1.807, 2.05) is 36.4 Å². The molecule has 1 amide bonds. The molecule has 0 spiro atoms. The SMILES string of the molecule is CC(=O)NC(CO)CSc1c(F)c(F)nc(Oc2cc(C#N)ccc2OCc2ccccc2)c1F. The van der Waals surface area contributed by atoms with Crippen molar-refractivity contribution in [1.82, 2.24) is 10.3 Å². The van der Waals surface area contributed by atoms with Crippen molar-refractivity contribution in [2.45, 2.75) is 24.5 Å². The quantitative estimate of drug-likeness (QED) is 0.313. The van der Waals surface area contributed by atoms with Gasteiger partial charge in [-0.3, -0.25) is 4.79 Å². The highest BCUT2D eigenvalue weighted by atomic mass is 32.2. The maximum atomic E-state index is 15.1. The first-order chi connectivity index (χ1) is 16.8. The van der Waals surface area contributed by atoms with Crippen LogP contribution in [0.2, 0.25) is 0 Å². The molecule has 7 nitrogen and oxygen atoms in total. The molecule has 0 radical (unpaired) electrons. The van der Waals surface area contributed by atoms with Gasteiger partial charge in [0.1, 0.15) is 6.61 Å². The van der Waals surface area contributed by atoms with Crippen LogP contribution < -0.4 is 14.8 Å². The van der Waals surface area contributed by atoms with Gasteiger partial charge in [0.2, 0.25) is 11.7 Å². The van der Waals surface area contributed by atoms with Gasteiger partial charge in [-0.05, 0) is 17.7 Å². The first kappa shape index (κ1) is 25.9. The molecular weight excluding hydrogens is 483 g/mol. The molecule has 2 aromatic carbocycles. The molecule has 1 aromatic heterocycles. The number of nitrogens with one attached hydrogen (secondary N) is 1. The van der Waals surface area contributed by atoms with Gasteiger partial charge >= 0.3 is 0 Å². The summed E-state index contributed by atoms with van der Waals surface area (Å²) in [5, 5.41) is 21.0. The third-order valence-electron chi connectivity index (χ3n) is 4.54. The van der Waals surface area contributed by atoms with E-state index in [9.17, 15) is 23.9 Å². The summed E-state index contributed by atoms with van der Waals surface area (Å²) in [6.07, 6.45) is 0. The third kappa shape index (κ3) is 6.88. The number of benzene rings is 2. The second kappa shape index (κ2) is 12.1. The van der Waals surface area contributed by atoms with Gasteiger partial charge in [-0.2, -0.15) is 19.0 Å². The van der Waals surface area contributed by atoms with E-state index in [-0.39, 0.29) is 29.4 Å². The lowest BCUT2D eigenvalue weighted by Gasteiger charge is -2.16. The number of pyridine rings is 1. The Labute approximate surface area is 203 Å². The number of hydrogen-bond acceptors (Lipinski definition) is 7. The molecule has 0 aliphatic carbocycles. The van der Waals surface area contributed by atoms with Crippen molar-refractivity contribution in [3.63, 3.8) is 0 Å². The molecule has 0 bridgehead atoms. The van der Waals surface area contributed by atoms with E-state index in [0.29, 0.717) is 11.8 Å². The van der Waals surface area contributed by atoms with Gasteiger partial charge in [0.15, 0.2) is 17.3 Å². The van der Waals surface area contributed by atoms with Crippen LogP contribution in [0, 0.1) is 28.9 Å². The number of halogens is 3. The Balaban J connectivity index is 1.88. The zero-order chi connectivity index (χ0) is 25.4. The van der Waals surface area contributed by atoms with Crippen LogP contribution in [0.25, 0.3) is 0 Å². The lowest BCUT2D eigenvalue weighted by atomic mass is 10.2. The molecule has 0 fully saturated rings. The summed E-state index contributed by atoms with van der Waals surface area (Å²) in [5.74, 6) is -5.90. The van der Waals surface area contributed by atoms with Gasteiger partial charge in [-0.15, -0.1) is 11.8 Å². The number of ether oxygens (including phenoxy) is 2. The first-order valence-electron chi connectivity index (χ1n) is 10.3. The standard InChI is InChI=1S/C24H20F3N3O4S/c1-14(32)29-17(11-31)13-35-22-20(25)23(27)30-24(21(22)26)34-19-9-16(10-28)7-8-18(19)33-12-15-5-3-2-4-6-15/h2-9,17,31H,11-13H2,1H3,(H,29,32). The molecular formula is C24H20F3N3O4S. The Kier molecular flexibility index (Phi) is 8.94. The van der Waals surface area contributed by atoms with E-state index in [1.54, 1.807) is 0 Å². The van der Waals surface area contributed by atoms with Crippen LogP contribution in [0.4, 0.5) is 13.2 Å². The lowest BCUT2D eigenvalue weighted by molar-refractivity contribution is -0.119. The highest BCUT2D eigenvalue weighted by Crippen LogP contribution is 2.37. The smallest absolute Gasteiger partial charge is 0.260 e. The van der Waals surface area contributed by atoms with Crippen LogP contribution in [-0.4, -0.2) is 34.4 Å². The number of carbonyl (C=O) groups is 1. The van der Waals surface area contributed by atoms with Crippen LogP contribution in [-0.2, 0) is 11.4 Å².